The van der Waals surface area contributed by atoms with Crippen LogP contribution in [0.3, 0.4) is 0 Å². The van der Waals surface area contributed by atoms with E-state index < -0.39 is 16.0 Å². The number of hydrogen-bond donors (Lipinski definition) is 2. The summed E-state index contributed by atoms with van der Waals surface area (Å²) in [5.41, 5.74) is 1.71. The van der Waals surface area contributed by atoms with Crippen molar-refractivity contribution in [2.24, 2.45) is 0 Å². The zero-order valence-corrected chi connectivity index (χ0v) is 14.4. The number of rotatable bonds is 7. The molecule has 0 saturated carbocycles. The van der Waals surface area contributed by atoms with Crippen molar-refractivity contribution in [1.82, 2.24) is 14.3 Å². The highest BCUT2D eigenvalue weighted by Gasteiger charge is 2.21. The Balaban J connectivity index is 2.19. The van der Waals surface area contributed by atoms with Crippen molar-refractivity contribution >= 4 is 16.0 Å². The van der Waals surface area contributed by atoms with E-state index in [9.17, 15) is 13.2 Å². The van der Waals surface area contributed by atoms with Gasteiger partial charge in [0.05, 0.1) is 24.7 Å². The quantitative estimate of drug-likeness (QED) is 0.773. The van der Waals surface area contributed by atoms with Gasteiger partial charge in [-0.3, -0.25) is 0 Å². The van der Waals surface area contributed by atoms with Crippen LogP contribution in [0.15, 0.2) is 29.4 Å². The molecule has 130 valence electrons. The first-order chi connectivity index (χ1) is 11.3. The summed E-state index contributed by atoms with van der Waals surface area (Å²) in [6, 6.07) is 3.69. The van der Waals surface area contributed by atoms with Gasteiger partial charge in [-0.2, -0.15) is 0 Å². The average molecular weight is 353 g/mol. The van der Waals surface area contributed by atoms with Crippen LogP contribution in [0.4, 0.5) is 0 Å². The average Bonchev–Trinajstić information content (AvgIpc) is 2.86. The third-order valence-corrected chi connectivity index (χ3v) is 5.17. The van der Waals surface area contributed by atoms with Crippen LogP contribution in [0.2, 0.25) is 0 Å². The van der Waals surface area contributed by atoms with Crippen molar-refractivity contribution in [3.63, 3.8) is 0 Å². The van der Waals surface area contributed by atoms with E-state index in [1.54, 1.807) is 6.33 Å². The van der Waals surface area contributed by atoms with Crippen LogP contribution in [-0.4, -0.2) is 42.7 Å². The fourth-order valence-electron chi connectivity index (χ4n) is 2.17. The number of carbonyl (C=O) groups is 1. The summed E-state index contributed by atoms with van der Waals surface area (Å²) in [5, 5.41) is 9.03. The molecule has 24 heavy (non-hydrogen) atoms. The van der Waals surface area contributed by atoms with E-state index >= 15 is 0 Å². The van der Waals surface area contributed by atoms with Gasteiger partial charge < -0.3 is 14.4 Å². The number of benzene rings is 1. The van der Waals surface area contributed by atoms with Crippen LogP contribution in [-0.2, 0) is 16.6 Å². The lowest BCUT2D eigenvalue weighted by molar-refractivity contribution is 0.0696. The second-order valence-electron chi connectivity index (χ2n) is 5.18. The Morgan fingerprint density at radius 2 is 2.08 bits per heavy atom. The Morgan fingerprint density at radius 3 is 2.62 bits per heavy atom. The van der Waals surface area contributed by atoms with E-state index in [2.05, 4.69) is 9.71 Å². The number of imidazole rings is 1. The monoisotopic (exact) mass is 353 g/mol. The van der Waals surface area contributed by atoms with Crippen LogP contribution in [0.25, 0.3) is 0 Å². The number of aromatic carboxylic acids is 1. The number of hydrogen-bond acceptors (Lipinski definition) is 5. The molecule has 0 aliphatic carbocycles. The number of methoxy groups -OCH3 is 1. The van der Waals surface area contributed by atoms with Gasteiger partial charge in [0.2, 0.25) is 10.0 Å². The Kier molecular flexibility index (Phi) is 5.25. The number of ether oxygens (including phenoxy) is 1. The summed E-state index contributed by atoms with van der Waals surface area (Å²) in [4.78, 5) is 15.0. The predicted molar refractivity (Wildman–Crippen MR) is 86.8 cm³/mol. The molecule has 9 heteroatoms. The van der Waals surface area contributed by atoms with E-state index in [4.69, 9.17) is 9.84 Å². The van der Waals surface area contributed by atoms with E-state index in [1.165, 1.54) is 19.2 Å². The number of carboxylic acids is 1. The molecule has 0 atom stereocenters. The number of carboxylic acid groups (broad SMARTS) is 1. The second-order valence-corrected chi connectivity index (χ2v) is 6.91. The molecule has 0 aliphatic heterocycles. The van der Waals surface area contributed by atoms with Gasteiger partial charge in [-0.15, -0.1) is 0 Å². The third kappa shape index (κ3) is 3.74. The zero-order chi connectivity index (χ0) is 17.9. The van der Waals surface area contributed by atoms with Crippen LogP contribution in [0.5, 0.6) is 5.75 Å². The Hall–Kier alpha value is -2.39. The summed E-state index contributed by atoms with van der Waals surface area (Å²) in [6.45, 7) is 4.32. The number of aromatic nitrogens is 2. The molecule has 0 amide bonds. The fourth-order valence-corrected chi connectivity index (χ4v) is 3.38. The number of aryl methyl sites for hydroxylation is 1. The minimum Gasteiger partial charge on any atom is -0.495 e. The maximum atomic E-state index is 12.5. The SMILES string of the molecule is COc1ccc(C(=O)O)cc1S(=O)(=O)NCCn1cnc(C)c1C. The molecule has 0 aliphatic rings. The number of nitrogens with one attached hydrogen (secondary N) is 1. The molecular formula is C15H19N3O5S. The highest BCUT2D eigenvalue weighted by Crippen LogP contribution is 2.24. The first-order valence-electron chi connectivity index (χ1n) is 7.15. The smallest absolute Gasteiger partial charge is 0.335 e. The van der Waals surface area contributed by atoms with Gasteiger partial charge in [0.15, 0.2) is 0 Å². The number of sulfonamides is 1. The Bertz CT molecular complexity index is 858. The topological polar surface area (TPSA) is 111 Å². The molecule has 2 aromatic rings. The number of nitrogens with zero attached hydrogens (tertiary/aromatic N) is 2. The molecule has 0 fully saturated rings. The minimum atomic E-state index is -3.91. The van der Waals surface area contributed by atoms with E-state index in [1.807, 2.05) is 18.4 Å². The van der Waals surface area contributed by atoms with Crippen molar-refractivity contribution in [3.05, 3.63) is 41.5 Å². The molecule has 2 rings (SSSR count). The van der Waals surface area contributed by atoms with Crippen LogP contribution in [0.1, 0.15) is 21.7 Å². The van der Waals surface area contributed by atoms with E-state index in [-0.39, 0.29) is 22.8 Å². The standard InChI is InChI=1S/C15H19N3O5S/c1-10-11(2)18(9-16-10)7-6-17-24(21,22)14-8-12(15(19)20)4-5-13(14)23-3/h4-5,8-9,17H,6-7H2,1-3H3,(H,19,20). The summed E-state index contributed by atoms with van der Waals surface area (Å²) >= 11 is 0. The molecule has 0 unspecified atom stereocenters. The van der Waals surface area contributed by atoms with Crippen LogP contribution < -0.4 is 9.46 Å². The summed E-state index contributed by atoms with van der Waals surface area (Å²) in [7, 11) is -2.58. The lowest BCUT2D eigenvalue weighted by atomic mass is 10.2. The lowest BCUT2D eigenvalue weighted by Crippen LogP contribution is -2.28. The van der Waals surface area contributed by atoms with E-state index in [0.29, 0.717) is 6.54 Å². The minimum absolute atomic E-state index is 0.0853. The molecular weight excluding hydrogens is 334 g/mol. The van der Waals surface area contributed by atoms with Gasteiger partial charge in [-0.25, -0.2) is 22.9 Å². The normalized spacial score (nSPS) is 11.5. The molecule has 8 nitrogen and oxygen atoms in total. The molecule has 0 radical (unpaired) electrons. The van der Waals surface area contributed by atoms with Gasteiger partial charge >= 0.3 is 5.97 Å². The highest BCUT2D eigenvalue weighted by atomic mass is 32.2. The third-order valence-electron chi connectivity index (χ3n) is 3.69. The molecule has 0 bridgehead atoms. The molecule has 2 N–H and O–H groups in total. The zero-order valence-electron chi connectivity index (χ0n) is 13.6. The maximum absolute atomic E-state index is 12.5. The van der Waals surface area contributed by atoms with Crippen molar-refractivity contribution < 1.29 is 23.1 Å². The summed E-state index contributed by atoms with van der Waals surface area (Å²) in [5.74, 6) is -1.12. The summed E-state index contributed by atoms with van der Waals surface area (Å²) < 4.78 is 34.2. The molecule has 1 aromatic carbocycles. The van der Waals surface area contributed by atoms with Gasteiger partial charge in [-0.05, 0) is 32.0 Å². The molecule has 1 heterocycles. The van der Waals surface area contributed by atoms with Crippen LogP contribution in [0, 0.1) is 13.8 Å². The van der Waals surface area contributed by atoms with Crippen molar-refractivity contribution in [2.75, 3.05) is 13.7 Å². The van der Waals surface area contributed by atoms with Gasteiger partial charge in [0.1, 0.15) is 10.6 Å². The maximum Gasteiger partial charge on any atom is 0.335 e. The first-order valence-corrected chi connectivity index (χ1v) is 8.64. The van der Waals surface area contributed by atoms with Crippen molar-refractivity contribution in [3.8, 4) is 5.75 Å². The lowest BCUT2D eigenvalue weighted by Gasteiger charge is -2.12. The summed E-state index contributed by atoms with van der Waals surface area (Å²) in [6.07, 6.45) is 1.64. The molecule has 0 spiro atoms. The van der Waals surface area contributed by atoms with Gasteiger partial charge in [0, 0.05) is 18.8 Å². The molecule has 1 aromatic heterocycles. The fraction of sp³-hybridized carbons (Fsp3) is 0.333. The second kappa shape index (κ2) is 7.02. The Labute approximate surface area is 140 Å². The highest BCUT2D eigenvalue weighted by molar-refractivity contribution is 7.89. The van der Waals surface area contributed by atoms with E-state index in [0.717, 1.165) is 17.5 Å². The van der Waals surface area contributed by atoms with Gasteiger partial charge in [-0.1, -0.05) is 0 Å². The van der Waals surface area contributed by atoms with Gasteiger partial charge in [0.25, 0.3) is 0 Å². The molecule has 0 saturated heterocycles. The first kappa shape index (κ1) is 18.0. The van der Waals surface area contributed by atoms with Crippen molar-refractivity contribution in [2.45, 2.75) is 25.3 Å². The van der Waals surface area contributed by atoms with Crippen LogP contribution >= 0.6 is 0 Å². The largest absolute Gasteiger partial charge is 0.495 e. The Morgan fingerprint density at radius 1 is 1.38 bits per heavy atom. The predicted octanol–water partition coefficient (Wildman–Crippen LogP) is 1.19. The van der Waals surface area contributed by atoms with Crippen molar-refractivity contribution in [1.29, 1.82) is 0 Å².